The lowest BCUT2D eigenvalue weighted by Crippen LogP contribution is -2.55. The summed E-state index contributed by atoms with van der Waals surface area (Å²) in [5, 5.41) is 40.5. The van der Waals surface area contributed by atoms with Gasteiger partial charge in [-0.2, -0.15) is 0 Å². The van der Waals surface area contributed by atoms with Gasteiger partial charge in [-0.1, -0.05) is 49.2 Å². The number of rotatable bonds is 7. The molecule has 2 aliphatic rings. The Bertz CT molecular complexity index is 911. The molecule has 1 aliphatic heterocycles. The second kappa shape index (κ2) is 9.67. The van der Waals surface area contributed by atoms with E-state index in [2.05, 4.69) is 6.92 Å². The number of aliphatic hydroxyl groups excluding tert-OH is 4. The van der Waals surface area contributed by atoms with Gasteiger partial charge in [-0.25, -0.2) is 0 Å². The molecule has 7 heteroatoms. The van der Waals surface area contributed by atoms with Crippen molar-refractivity contribution in [2.75, 3.05) is 13.2 Å². The van der Waals surface area contributed by atoms with Crippen LogP contribution in [0.5, 0.6) is 5.75 Å². The van der Waals surface area contributed by atoms with Crippen LogP contribution in [0.25, 0.3) is 0 Å². The first kappa shape index (κ1) is 23.5. The molecule has 2 fully saturated rings. The van der Waals surface area contributed by atoms with Crippen molar-refractivity contribution >= 4 is 11.6 Å². The average Bonchev–Trinajstić information content (AvgIpc) is 2.77. The third kappa shape index (κ3) is 4.96. The maximum absolute atomic E-state index is 10.4. The van der Waals surface area contributed by atoms with Gasteiger partial charge in [0, 0.05) is 10.4 Å². The quantitative estimate of drug-likeness (QED) is 0.505. The van der Waals surface area contributed by atoms with Gasteiger partial charge in [0.05, 0.1) is 13.2 Å². The molecule has 4 N–H and O–H groups in total. The second-order valence-corrected chi connectivity index (χ2v) is 9.78. The molecule has 2 aromatic carbocycles. The lowest BCUT2D eigenvalue weighted by Gasteiger charge is -2.40. The minimum atomic E-state index is -1.42. The molecule has 1 heterocycles. The van der Waals surface area contributed by atoms with E-state index in [1.54, 1.807) is 12.1 Å². The number of hydrogen-bond acceptors (Lipinski definition) is 6. The fourth-order valence-electron chi connectivity index (χ4n) is 4.39. The molecule has 0 radical (unpaired) electrons. The van der Waals surface area contributed by atoms with Crippen LogP contribution in [0.3, 0.4) is 0 Å². The minimum absolute atomic E-state index is 0.303. The molecule has 1 aliphatic carbocycles. The van der Waals surface area contributed by atoms with Crippen molar-refractivity contribution in [1.29, 1.82) is 0 Å². The van der Waals surface area contributed by atoms with Gasteiger partial charge < -0.3 is 29.9 Å². The van der Waals surface area contributed by atoms with E-state index in [4.69, 9.17) is 21.1 Å². The number of aliphatic hydroxyl groups is 4. The Morgan fingerprint density at radius 2 is 1.75 bits per heavy atom. The fourth-order valence-corrected chi connectivity index (χ4v) is 4.57. The van der Waals surface area contributed by atoms with Crippen molar-refractivity contribution in [3.05, 3.63) is 64.2 Å². The lowest BCUT2D eigenvalue weighted by atomic mass is 9.71. The molecule has 32 heavy (non-hydrogen) atoms. The van der Waals surface area contributed by atoms with Gasteiger partial charge in [-0.05, 0) is 54.2 Å². The predicted octanol–water partition coefficient (Wildman–Crippen LogP) is 3.01. The van der Waals surface area contributed by atoms with Crippen LogP contribution in [-0.2, 0) is 11.2 Å². The van der Waals surface area contributed by atoms with Crippen LogP contribution < -0.4 is 4.74 Å². The van der Waals surface area contributed by atoms with Gasteiger partial charge in [0.2, 0.25) is 0 Å². The Morgan fingerprint density at radius 1 is 1.03 bits per heavy atom. The largest absolute Gasteiger partial charge is 0.493 e. The van der Waals surface area contributed by atoms with Crippen molar-refractivity contribution < 1.29 is 29.9 Å². The van der Waals surface area contributed by atoms with Crippen molar-refractivity contribution in [1.82, 2.24) is 0 Å². The summed E-state index contributed by atoms with van der Waals surface area (Å²) in [6, 6.07) is 13.2. The van der Waals surface area contributed by atoms with E-state index >= 15 is 0 Å². The smallest absolute Gasteiger partial charge is 0.119 e. The van der Waals surface area contributed by atoms with E-state index in [1.807, 2.05) is 30.3 Å². The molecule has 0 aromatic heterocycles. The molecule has 0 bridgehead atoms. The van der Waals surface area contributed by atoms with Gasteiger partial charge in [0.1, 0.15) is 36.3 Å². The van der Waals surface area contributed by atoms with Crippen LogP contribution in [0.4, 0.5) is 0 Å². The highest BCUT2D eigenvalue weighted by molar-refractivity contribution is 6.31. The molecular weight excluding hydrogens is 432 g/mol. The highest BCUT2D eigenvalue weighted by Gasteiger charge is 2.44. The monoisotopic (exact) mass is 462 g/mol. The van der Waals surface area contributed by atoms with Gasteiger partial charge in [0.15, 0.2) is 0 Å². The molecule has 1 saturated carbocycles. The van der Waals surface area contributed by atoms with Crippen LogP contribution >= 0.6 is 11.6 Å². The molecule has 0 amide bonds. The summed E-state index contributed by atoms with van der Waals surface area (Å²) in [6.07, 6.45) is -1.68. The number of benzene rings is 2. The zero-order valence-electron chi connectivity index (χ0n) is 18.2. The standard InChI is InChI=1S/C25H31ClO6/c1-25(9-2-10-25)14-31-18-6-3-15(4-7-18)11-17-12-16(5-8-19(17)26)24-23(30)22(29)21(28)20(13-27)32-24/h3-8,12,20-24,27-30H,2,9-11,13-14H2,1H3/t20-,21-,22+,23-,24+/m1/s1. The Kier molecular flexibility index (Phi) is 7.10. The summed E-state index contributed by atoms with van der Waals surface area (Å²) in [7, 11) is 0. The van der Waals surface area contributed by atoms with E-state index in [0.717, 1.165) is 23.5 Å². The molecule has 2 aromatic rings. The second-order valence-electron chi connectivity index (χ2n) is 9.37. The normalized spacial score (nSPS) is 29.4. The van der Waals surface area contributed by atoms with E-state index in [-0.39, 0.29) is 0 Å². The minimum Gasteiger partial charge on any atom is -0.493 e. The molecule has 5 atom stereocenters. The maximum Gasteiger partial charge on any atom is 0.119 e. The first-order valence-corrected chi connectivity index (χ1v) is 11.5. The van der Waals surface area contributed by atoms with Gasteiger partial charge in [0.25, 0.3) is 0 Å². The van der Waals surface area contributed by atoms with Crippen LogP contribution in [0.15, 0.2) is 42.5 Å². The van der Waals surface area contributed by atoms with Gasteiger partial charge in [-0.15, -0.1) is 0 Å². The summed E-state index contributed by atoms with van der Waals surface area (Å²) in [4.78, 5) is 0. The fraction of sp³-hybridized carbons (Fsp3) is 0.520. The summed E-state index contributed by atoms with van der Waals surface area (Å²) < 4.78 is 11.6. The van der Waals surface area contributed by atoms with Crippen LogP contribution in [0.1, 0.15) is 49.0 Å². The molecule has 174 valence electrons. The molecule has 4 rings (SSSR count). The molecule has 0 spiro atoms. The number of hydrogen-bond donors (Lipinski definition) is 4. The van der Waals surface area contributed by atoms with Crippen LogP contribution in [-0.4, -0.2) is 58.1 Å². The zero-order valence-corrected chi connectivity index (χ0v) is 18.9. The Balaban J connectivity index is 1.46. The Labute approximate surface area is 193 Å². The lowest BCUT2D eigenvalue weighted by molar-refractivity contribution is -0.231. The number of halogens is 1. The highest BCUT2D eigenvalue weighted by atomic mass is 35.5. The molecular formula is C25H31ClO6. The summed E-state index contributed by atoms with van der Waals surface area (Å²) in [5.74, 6) is 0.850. The van der Waals surface area contributed by atoms with Crippen molar-refractivity contribution in [3.8, 4) is 5.75 Å². The van der Waals surface area contributed by atoms with Crippen LogP contribution in [0, 0.1) is 5.41 Å². The van der Waals surface area contributed by atoms with E-state index in [9.17, 15) is 20.4 Å². The van der Waals surface area contributed by atoms with Gasteiger partial charge >= 0.3 is 0 Å². The first-order valence-electron chi connectivity index (χ1n) is 11.1. The average molecular weight is 463 g/mol. The summed E-state index contributed by atoms with van der Waals surface area (Å²) in [5.41, 5.74) is 2.82. The molecule has 1 saturated heterocycles. The first-order chi connectivity index (χ1) is 15.3. The molecule has 0 unspecified atom stereocenters. The third-order valence-corrected chi connectivity index (χ3v) is 7.13. The van der Waals surface area contributed by atoms with Crippen LogP contribution in [0.2, 0.25) is 5.02 Å². The van der Waals surface area contributed by atoms with Crippen molar-refractivity contribution in [2.24, 2.45) is 5.41 Å². The van der Waals surface area contributed by atoms with Crippen molar-refractivity contribution in [2.45, 2.75) is 63.1 Å². The van der Waals surface area contributed by atoms with E-state index in [1.165, 1.54) is 19.3 Å². The van der Waals surface area contributed by atoms with E-state index in [0.29, 0.717) is 22.4 Å². The molecule has 6 nitrogen and oxygen atoms in total. The summed E-state index contributed by atoms with van der Waals surface area (Å²) >= 11 is 6.43. The highest BCUT2D eigenvalue weighted by Crippen LogP contribution is 2.40. The summed E-state index contributed by atoms with van der Waals surface area (Å²) in [6.45, 7) is 2.53. The zero-order chi connectivity index (χ0) is 22.9. The van der Waals surface area contributed by atoms with Gasteiger partial charge in [-0.3, -0.25) is 0 Å². The number of ether oxygens (including phenoxy) is 2. The maximum atomic E-state index is 10.4. The van der Waals surface area contributed by atoms with E-state index < -0.39 is 37.1 Å². The predicted molar refractivity (Wildman–Crippen MR) is 121 cm³/mol. The topological polar surface area (TPSA) is 99.4 Å². The Morgan fingerprint density at radius 3 is 2.38 bits per heavy atom. The third-order valence-electron chi connectivity index (χ3n) is 6.76. The van der Waals surface area contributed by atoms with Crippen molar-refractivity contribution in [3.63, 3.8) is 0 Å². The Hall–Kier alpha value is -1.67. The SMILES string of the molecule is CC1(COc2ccc(Cc3cc([C@@H]4O[C@H](CO)[C@@H](O)[C@H](O)[C@H]4O)ccc3Cl)cc2)CCC1.